The molecule has 5 rings (SSSR count). The molecule has 0 atom stereocenters. The zero-order valence-electron chi connectivity index (χ0n) is 17.3. The highest BCUT2D eigenvalue weighted by molar-refractivity contribution is 5.82. The molecule has 3 aromatic carbocycles. The summed E-state index contributed by atoms with van der Waals surface area (Å²) in [5, 5.41) is 0. The van der Waals surface area contributed by atoms with Gasteiger partial charge >= 0.3 is 0 Å². The summed E-state index contributed by atoms with van der Waals surface area (Å²) in [6, 6.07) is 30.9. The number of aromatic nitrogens is 2. The second-order valence-corrected chi connectivity index (χ2v) is 7.59. The molecular weight excluding hydrogens is 392 g/mol. The molecule has 0 bridgehead atoms. The Labute approximate surface area is 187 Å². The van der Waals surface area contributed by atoms with Gasteiger partial charge in [0.25, 0.3) is 0 Å². The fourth-order valence-corrected chi connectivity index (χ4v) is 3.83. The first-order valence-corrected chi connectivity index (χ1v) is 10.4. The van der Waals surface area contributed by atoms with Crippen molar-refractivity contribution < 1.29 is 4.79 Å². The van der Waals surface area contributed by atoms with Gasteiger partial charge in [0.1, 0.15) is 6.29 Å². The summed E-state index contributed by atoms with van der Waals surface area (Å²) in [5.74, 6) is 0. The Kier molecular flexibility index (Phi) is 5.38. The van der Waals surface area contributed by atoms with Crippen LogP contribution < -0.4 is 0 Å². The number of rotatable bonds is 5. The van der Waals surface area contributed by atoms with E-state index in [1.165, 1.54) is 0 Å². The van der Waals surface area contributed by atoms with Crippen LogP contribution in [-0.4, -0.2) is 16.3 Å². The standard InChI is InChI=1S/C29H20N2O/c32-20-21-1-3-22(4-2-21)23-5-7-24(8-6-23)27-17-28(25-9-13-30-14-10-25)19-29(18-27)26-11-15-31-16-12-26/h1-20H. The van der Waals surface area contributed by atoms with Crippen LogP contribution in [0.2, 0.25) is 0 Å². The van der Waals surface area contributed by atoms with Crippen molar-refractivity contribution in [3.8, 4) is 44.5 Å². The van der Waals surface area contributed by atoms with E-state index in [9.17, 15) is 4.79 Å². The Morgan fingerprint density at radius 2 is 0.719 bits per heavy atom. The van der Waals surface area contributed by atoms with Crippen molar-refractivity contribution in [3.63, 3.8) is 0 Å². The van der Waals surface area contributed by atoms with E-state index in [1.54, 1.807) is 0 Å². The molecule has 5 aromatic rings. The summed E-state index contributed by atoms with van der Waals surface area (Å²) in [5.41, 5.74) is 9.72. The zero-order chi connectivity index (χ0) is 21.8. The van der Waals surface area contributed by atoms with Crippen molar-refractivity contribution in [1.29, 1.82) is 0 Å². The zero-order valence-corrected chi connectivity index (χ0v) is 17.3. The van der Waals surface area contributed by atoms with E-state index in [4.69, 9.17) is 0 Å². The highest BCUT2D eigenvalue weighted by atomic mass is 16.1. The van der Waals surface area contributed by atoms with Gasteiger partial charge in [-0.25, -0.2) is 0 Å². The SMILES string of the molecule is O=Cc1ccc(-c2ccc(-c3cc(-c4ccncc4)cc(-c4ccncc4)c3)cc2)cc1. The fraction of sp³-hybridized carbons (Fsp3) is 0. The number of hydrogen-bond donors (Lipinski definition) is 0. The van der Waals surface area contributed by atoms with Crippen LogP contribution in [0.25, 0.3) is 44.5 Å². The van der Waals surface area contributed by atoms with Gasteiger partial charge in [-0.1, -0.05) is 48.5 Å². The number of pyridine rings is 2. The lowest BCUT2D eigenvalue weighted by Gasteiger charge is -2.12. The van der Waals surface area contributed by atoms with Crippen molar-refractivity contribution in [1.82, 2.24) is 9.97 Å². The lowest BCUT2D eigenvalue weighted by Crippen LogP contribution is -1.87. The monoisotopic (exact) mass is 412 g/mol. The summed E-state index contributed by atoms with van der Waals surface area (Å²) in [6.07, 6.45) is 8.14. The van der Waals surface area contributed by atoms with Crippen LogP contribution >= 0.6 is 0 Å². The molecule has 0 spiro atoms. The van der Waals surface area contributed by atoms with Crippen molar-refractivity contribution in [3.05, 3.63) is 121 Å². The molecule has 3 heteroatoms. The molecule has 2 aromatic heterocycles. The van der Waals surface area contributed by atoms with E-state index in [0.717, 1.165) is 50.8 Å². The van der Waals surface area contributed by atoms with Gasteiger partial charge in [-0.2, -0.15) is 0 Å². The lowest BCUT2D eigenvalue weighted by molar-refractivity contribution is 0.112. The molecule has 0 aliphatic heterocycles. The number of nitrogens with zero attached hydrogens (tertiary/aromatic N) is 2. The van der Waals surface area contributed by atoms with Crippen molar-refractivity contribution in [2.24, 2.45) is 0 Å². The number of carbonyl (C=O) groups excluding carboxylic acids is 1. The van der Waals surface area contributed by atoms with Gasteiger partial charge in [-0.3, -0.25) is 14.8 Å². The molecule has 3 nitrogen and oxygen atoms in total. The first-order chi connectivity index (χ1) is 15.8. The van der Waals surface area contributed by atoms with Gasteiger partial charge in [0.2, 0.25) is 0 Å². The number of hydrogen-bond acceptors (Lipinski definition) is 3. The van der Waals surface area contributed by atoms with E-state index < -0.39 is 0 Å². The Balaban J connectivity index is 1.56. The van der Waals surface area contributed by atoms with E-state index in [1.807, 2.05) is 73.3 Å². The van der Waals surface area contributed by atoms with Gasteiger partial charge in [0.15, 0.2) is 0 Å². The third-order valence-corrected chi connectivity index (χ3v) is 5.56. The Morgan fingerprint density at radius 3 is 1.09 bits per heavy atom. The van der Waals surface area contributed by atoms with Crippen molar-refractivity contribution in [2.45, 2.75) is 0 Å². The molecule has 0 unspecified atom stereocenters. The highest BCUT2D eigenvalue weighted by Crippen LogP contribution is 2.33. The maximum atomic E-state index is 10.9. The summed E-state index contributed by atoms with van der Waals surface area (Å²) in [4.78, 5) is 19.2. The molecule has 2 heterocycles. The molecule has 32 heavy (non-hydrogen) atoms. The Morgan fingerprint density at radius 1 is 0.406 bits per heavy atom. The van der Waals surface area contributed by atoms with Crippen molar-refractivity contribution >= 4 is 6.29 Å². The Bertz CT molecular complexity index is 1290. The fourth-order valence-electron chi connectivity index (χ4n) is 3.83. The minimum absolute atomic E-state index is 0.682. The van der Waals surface area contributed by atoms with Crippen LogP contribution in [0, 0.1) is 0 Å². The first kappa shape index (κ1) is 19.6. The minimum atomic E-state index is 0.682. The molecule has 0 radical (unpaired) electrons. The summed E-state index contributed by atoms with van der Waals surface area (Å²) in [7, 11) is 0. The van der Waals surface area contributed by atoms with Crippen molar-refractivity contribution in [2.75, 3.05) is 0 Å². The van der Waals surface area contributed by atoms with Crippen LogP contribution in [0.1, 0.15) is 10.4 Å². The average molecular weight is 412 g/mol. The molecular formula is C29H20N2O. The van der Waals surface area contributed by atoms with Gasteiger partial charge in [-0.15, -0.1) is 0 Å². The maximum Gasteiger partial charge on any atom is 0.150 e. The van der Waals surface area contributed by atoms with Crippen LogP contribution in [-0.2, 0) is 0 Å². The second kappa shape index (κ2) is 8.78. The predicted molar refractivity (Wildman–Crippen MR) is 129 cm³/mol. The first-order valence-electron chi connectivity index (χ1n) is 10.4. The minimum Gasteiger partial charge on any atom is -0.298 e. The van der Waals surface area contributed by atoms with Crippen LogP contribution in [0.5, 0.6) is 0 Å². The van der Waals surface area contributed by atoms with Crippen LogP contribution in [0.3, 0.4) is 0 Å². The summed E-state index contributed by atoms with van der Waals surface area (Å²) < 4.78 is 0. The molecule has 0 N–H and O–H groups in total. The maximum absolute atomic E-state index is 10.9. The molecule has 0 fully saturated rings. The van der Waals surface area contributed by atoms with Gasteiger partial charge < -0.3 is 0 Å². The molecule has 0 aliphatic carbocycles. The van der Waals surface area contributed by atoms with Crippen LogP contribution in [0.15, 0.2) is 116 Å². The highest BCUT2D eigenvalue weighted by Gasteiger charge is 2.08. The summed E-state index contributed by atoms with van der Waals surface area (Å²) >= 11 is 0. The predicted octanol–water partition coefficient (Wildman–Crippen LogP) is 6.96. The largest absolute Gasteiger partial charge is 0.298 e. The van der Waals surface area contributed by atoms with Gasteiger partial charge in [0, 0.05) is 30.4 Å². The third-order valence-electron chi connectivity index (χ3n) is 5.56. The third kappa shape index (κ3) is 4.09. The number of carbonyl (C=O) groups is 1. The smallest absolute Gasteiger partial charge is 0.150 e. The molecule has 0 saturated carbocycles. The average Bonchev–Trinajstić information content (AvgIpc) is 2.89. The normalized spacial score (nSPS) is 10.6. The molecule has 0 amide bonds. The van der Waals surface area contributed by atoms with E-state index in [0.29, 0.717) is 5.56 Å². The number of benzene rings is 3. The molecule has 152 valence electrons. The van der Waals surface area contributed by atoms with E-state index >= 15 is 0 Å². The van der Waals surface area contributed by atoms with E-state index in [-0.39, 0.29) is 0 Å². The lowest BCUT2D eigenvalue weighted by atomic mass is 9.93. The van der Waals surface area contributed by atoms with E-state index in [2.05, 4.69) is 52.4 Å². The van der Waals surface area contributed by atoms with Gasteiger partial charge in [-0.05, 0) is 87.0 Å². The Hall–Kier alpha value is -4.37. The number of aldehydes is 1. The second-order valence-electron chi connectivity index (χ2n) is 7.59. The van der Waals surface area contributed by atoms with Gasteiger partial charge in [0.05, 0.1) is 0 Å². The molecule has 0 saturated heterocycles. The molecule has 0 aliphatic rings. The summed E-state index contributed by atoms with van der Waals surface area (Å²) in [6.45, 7) is 0. The quantitative estimate of drug-likeness (QED) is 0.293. The topological polar surface area (TPSA) is 42.9 Å². The van der Waals surface area contributed by atoms with Crippen LogP contribution in [0.4, 0.5) is 0 Å².